The molecule has 0 aromatic heterocycles. The van der Waals surface area contributed by atoms with Gasteiger partial charge in [0.25, 0.3) is 0 Å². The maximum Gasteiger partial charge on any atom is 0.175 e. The summed E-state index contributed by atoms with van der Waals surface area (Å²) in [6.07, 6.45) is 6.51. The number of hydrogen-bond donors (Lipinski definition) is 1. The van der Waals surface area contributed by atoms with Gasteiger partial charge in [0.05, 0.1) is 24.3 Å². The van der Waals surface area contributed by atoms with E-state index in [9.17, 15) is 5.11 Å². The molecule has 2 rings (SSSR count). The van der Waals surface area contributed by atoms with Gasteiger partial charge in [0.2, 0.25) is 0 Å². The van der Waals surface area contributed by atoms with Gasteiger partial charge in [-0.05, 0) is 59.3 Å². The van der Waals surface area contributed by atoms with Crippen LogP contribution in [-0.4, -0.2) is 18.3 Å². The highest BCUT2D eigenvalue weighted by molar-refractivity contribution is 9.10. The second kappa shape index (κ2) is 7.89. The monoisotopic (exact) mass is 342 g/mol. The lowest BCUT2D eigenvalue weighted by Crippen LogP contribution is -2.16. The van der Waals surface area contributed by atoms with E-state index in [1.807, 2.05) is 19.1 Å². The summed E-state index contributed by atoms with van der Waals surface area (Å²) in [6.45, 7) is 3.28. The first-order chi connectivity index (χ1) is 9.74. The second-order valence-corrected chi connectivity index (χ2v) is 6.17. The summed E-state index contributed by atoms with van der Waals surface area (Å²) in [6, 6.07) is 3.74. The number of rotatable bonds is 6. The van der Waals surface area contributed by atoms with Crippen LogP contribution in [0.1, 0.15) is 44.6 Å². The van der Waals surface area contributed by atoms with E-state index in [4.69, 9.17) is 9.47 Å². The third kappa shape index (κ3) is 4.13. The average molecular weight is 343 g/mol. The van der Waals surface area contributed by atoms with Crippen molar-refractivity contribution in [1.82, 2.24) is 0 Å². The van der Waals surface area contributed by atoms with E-state index in [0.717, 1.165) is 22.4 Å². The van der Waals surface area contributed by atoms with Crippen LogP contribution in [0.5, 0.6) is 11.5 Å². The van der Waals surface area contributed by atoms with Gasteiger partial charge in [-0.1, -0.05) is 19.3 Å². The fourth-order valence-corrected chi connectivity index (χ4v) is 3.27. The molecule has 0 aliphatic heterocycles. The SMILES string of the molecule is CCOc1cc(CO)cc(Br)c1OCC1CCCCC1. The lowest BCUT2D eigenvalue weighted by atomic mass is 9.90. The molecule has 3 nitrogen and oxygen atoms in total. The van der Waals surface area contributed by atoms with E-state index in [2.05, 4.69) is 15.9 Å². The zero-order chi connectivity index (χ0) is 14.4. The normalized spacial score (nSPS) is 16.1. The maximum atomic E-state index is 9.26. The van der Waals surface area contributed by atoms with E-state index in [0.29, 0.717) is 18.3 Å². The van der Waals surface area contributed by atoms with E-state index < -0.39 is 0 Å². The molecule has 1 aliphatic carbocycles. The van der Waals surface area contributed by atoms with Crippen LogP contribution >= 0.6 is 15.9 Å². The summed E-state index contributed by atoms with van der Waals surface area (Å²) >= 11 is 3.52. The third-order valence-corrected chi connectivity index (χ3v) is 4.33. The molecule has 1 aliphatic rings. The highest BCUT2D eigenvalue weighted by Crippen LogP contribution is 2.38. The van der Waals surface area contributed by atoms with Gasteiger partial charge in [-0.15, -0.1) is 0 Å². The van der Waals surface area contributed by atoms with Gasteiger partial charge in [-0.3, -0.25) is 0 Å². The summed E-state index contributed by atoms with van der Waals surface area (Å²) in [4.78, 5) is 0. The summed E-state index contributed by atoms with van der Waals surface area (Å²) in [5.74, 6) is 2.12. The Labute approximate surface area is 129 Å². The predicted molar refractivity (Wildman–Crippen MR) is 83.3 cm³/mol. The molecule has 1 fully saturated rings. The topological polar surface area (TPSA) is 38.7 Å². The predicted octanol–water partition coefficient (Wildman–Crippen LogP) is 4.30. The third-order valence-electron chi connectivity index (χ3n) is 3.74. The van der Waals surface area contributed by atoms with Gasteiger partial charge in [-0.2, -0.15) is 0 Å². The number of ether oxygens (including phenoxy) is 2. The zero-order valence-corrected chi connectivity index (χ0v) is 13.6. The van der Waals surface area contributed by atoms with Crippen molar-refractivity contribution in [3.05, 3.63) is 22.2 Å². The van der Waals surface area contributed by atoms with Crippen LogP contribution in [0.2, 0.25) is 0 Å². The number of halogens is 1. The van der Waals surface area contributed by atoms with Crippen LogP contribution in [0.4, 0.5) is 0 Å². The molecule has 1 aromatic rings. The van der Waals surface area contributed by atoms with Crippen LogP contribution in [0.15, 0.2) is 16.6 Å². The van der Waals surface area contributed by atoms with E-state index in [-0.39, 0.29) is 6.61 Å². The quantitative estimate of drug-likeness (QED) is 0.837. The Kier molecular flexibility index (Phi) is 6.17. The van der Waals surface area contributed by atoms with E-state index in [1.54, 1.807) is 0 Å². The fraction of sp³-hybridized carbons (Fsp3) is 0.625. The summed E-state index contributed by atoms with van der Waals surface area (Å²) in [5, 5.41) is 9.26. The first-order valence-corrected chi connectivity index (χ1v) is 8.22. The van der Waals surface area contributed by atoms with Crippen LogP contribution in [0.25, 0.3) is 0 Å². The van der Waals surface area contributed by atoms with Crippen LogP contribution < -0.4 is 9.47 Å². The number of benzene rings is 1. The molecule has 0 radical (unpaired) electrons. The molecule has 1 saturated carbocycles. The molecule has 1 aromatic carbocycles. The van der Waals surface area contributed by atoms with Crippen LogP contribution in [0.3, 0.4) is 0 Å². The van der Waals surface area contributed by atoms with Crippen molar-refractivity contribution in [2.45, 2.75) is 45.6 Å². The van der Waals surface area contributed by atoms with E-state index >= 15 is 0 Å². The Morgan fingerprint density at radius 3 is 2.60 bits per heavy atom. The molecule has 0 amide bonds. The van der Waals surface area contributed by atoms with Gasteiger partial charge in [0.15, 0.2) is 11.5 Å². The molecule has 112 valence electrons. The second-order valence-electron chi connectivity index (χ2n) is 5.31. The standard InChI is InChI=1S/C16H23BrO3/c1-2-19-15-9-13(10-18)8-14(17)16(15)20-11-12-6-4-3-5-7-12/h8-9,12,18H,2-7,10-11H2,1H3. The molecule has 0 atom stereocenters. The molecule has 0 unspecified atom stereocenters. The first kappa shape index (κ1) is 15.6. The molecule has 0 saturated heterocycles. The number of aliphatic hydroxyl groups is 1. The van der Waals surface area contributed by atoms with E-state index in [1.165, 1.54) is 32.1 Å². The highest BCUT2D eigenvalue weighted by Gasteiger charge is 2.17. The Morgan fingerprint density at radius 1 is 1.20 bits per heavy atom. The Morgan fingerprint density at radius 2 is 1.95 bits per heavy atom. The minimum Gasteiger partial charge on any atom is -0.490 e. The van der Waals surface area contributed by atoms with Gasteiger partial charge in [0, 0.05) is 0 Å². The maximum absolute atomic E-state index is 9.26. The lowest BCUT2D eigenvalue weighted by molar-refractivity contribution is 0.198. The molecular formula is C16H23BrO3. The summed E-state index contributed by atoms with van der Waals surface area (Å²) in [7, 11) is 0. The van der Waals surface area contributed by atoms with Crippen molar-refractivity contribution in [1.29, 1.82) is 0 Å². The van der Waals surface area contributed by atoms with Gasteiger partial charge < -0.3 is 14.6 Å². The zero-order valence-electron chi connectivity index (χ0n) is 12.0. The smallest absolute Gasteiger partial charge is 0.175 e. The molecule has 1 N–H and O–H groups in total. The van der Waals surface area contributed by atoms with Crippen molar-refractivity contribution < 1.29 is 14.6 Å². The number of hydrogen-bond acceptors (Lipinski definition) is 3. The molecule has 0 heterocycles. The average Bonchev–Trinajstić information content (AvgIpc) is 2.47. The van der Waals surface area contributed by atoms with Crippen molar-refractivity contribution in [3.63, 3.8) is 0 Å². The molecule has 20 heavy (non-hydrogen) atoms. The van der Waals surface area contributed by atoms with Crippen LogP contribution in [-0.2, 0) is 6.61 Å². The highest BCUT2D eigenvalue weighted by atomic mass is 79.9. The van der Waals surface area contributed by atoms with Crippen molar-refractivity contribution >= 4 is 15.9 Å². The Hall–Kier alpha value is -0.740. The molecular weight excluding hydrogens is 320 g/mol. The van der Waals surface area contributed by atoms with Gasteiger partial charge in [-0.25, -0.2) is 0 Å². The Bertz CT molecular complexity index is 428. The van der Waals surface area contributed by atoms with Crippen LogP contribution in [0, 0.1) is 5.92 Å². The molecule has 0 bridgehead atoms. The number of aliphatic hydroxyl groups excluding tert-OH is 1. The van der Waals surface area contributed by atoms with Crippen molar-refractivity contribution in [2.24, 2.45) is 5.92 Å². The molecule has 4 heteroatoms. The summed E-state index contributed by atoms with van der Waals surface area (Å²) < 4.78 is 12.5. The van der Waals surface area contributed by atoms with Crippen molar-refractivity contribution in [2.75, 3.05) is 13.2 Å². The first-order valence-electron chi connectivity index (χ1n) is 7.43. The van der Waals surface area contributed by atoms with Gasteiger partial charge >= 0.3 is 0 Å². The lowest BCUT2D eigenvalue weighted by Gasteiger charge is -2.23. The van der Waals surface area contributed by atoms with Gasteiger partial charge in [0.1, 0.15) is 0 Å². The molecule has 0 spiro atoms. The van der Waals surface area contributed by atoms with Crippen molar-refractivity contribution in [3.8, 4) is 11.5 Å². The minimum atomic E-state index is 0.00157. The largest absolute Gasteiger partial charge is 0.490 e. The fourth-order valence-electron chi connectivity index (χ4n) is 2.67. The summed E-state index contributed by atoms with van der Waals surface area (Å²) in [5.41, 5.74) is 0.824. The Balaban J connectivity index is 2.08. The minimum absolute atomic E-state index is 0.00157.